The van der Waals surface area contributed by atoms with Gasteiger partial charge in [-0.15, -0.1) is 0 Å². The van der Waals surface area contributed by atoms with Crippen molar-refractivity contribution in [3.63, 3.8) is 0 Å². The number of likely N-dealkylation sites (N-methyl/N-ethyl adjacent to an activating group) is 1. The van der Waals surface area contributed by atoms with Crippen LogP contribution in [-0.4, -0.2) is 63.6 Å². The zero-order valence-electron chi connectivity index (χ0n) is 19.7. The molecule has 2 atom stereocenters. The second kappa shape index (κ2) is 10.7. The molecule has 0 spiro atoms. The van der Waals surface area contributed by atoms with Gasteiger partial charge in [0.25, 0.3) is 0 Å². The van der Waals surface area contributed by atoms with Crippen molar-refractivity contribution in [1.82, 2.24) is 10.2 Å². The summed E-state index contributed by atoms with van der Waals surface area (Å²) in [5.74, 6) is -0.812. The number of halogens is 3. The van der Waals surface area contributed by atoms with Gasteiger partial charge >= 0.3 is 6.18 Å². The van der Waals surface area contributed by atoms with Gasteiger partial charge in [-0.2, -0.15) is 13.2 Å². The lowest BCUT2D eigenvalue weighted by molar-refractivity contribution is -0.138. The highest BCUT2D eigenvalue weighted by molar-refractivity contribution is 7.92. The lowest BCUT2D eigenvalue weighted by atomic mass is 10.1. The van der Waals surface area contributed by atoms with Gasteiger partial charge in [-0.05, 0) is 67.9 Å². The lowest BCUT2D eigenvalue weighted by Crippen LogP contribution is -2.56. The molecule has 0 saturated carbocycles. The molecule has 2 aromatic carbocycles. The van der Waals surface area contributed by atoms with E-state index in [0.717, 1.165) is 34.0 Å². The predicted molar refractivity (Wildman–Crippen MR) is 127 cm³/mol. The molecule has 1 fully saturated rings. The Hall–Kier alpha value is -3.32. The summed E-state index contributed by atoms with van der Waals surface area (Å²) in [6.07, 6.45) is -2.10. The summed E-state index contributed by atoms with van der Waals surface area (Å²) >= 11 is 0. The van der Waals surface area contributed by atoms with Crippen LogP contribution in [0.5, 0.6) is 11.5 Å². The van der Waals surface area contributed by atoms with Gasteiger partial charge in [0.1, 0.15) is 17.5 Å². The molecule has 0 radical (unpaired) electrons. The smallest absolute Gasteiger partial charge is 0.416 e. The molecule has 3 N–H and O–H groups in total. The standard InChI is InChI=1S/C23H27F3N4O5S/c1-29(22(32)19-4-3-13-28-19)20(21(27)31)14-30(36(2,33)34)16-7-11-18(12-8-16)35-17-9-5-15(6-10-17)23(24,25)26/h5-12,19-20,28H,3-4,13-14H2,1-2H3,(H2,27,31)/t19-,20+/m1/s1. The zero-order chi connectivity index (χ0) is 26.7. The van der Waals surface area contributed by atoms with Crippen LogP contribution in [0.3, 0.4) is 0 Å². The number of sulfonamides is 1. The van der Waals surface area contributed by atoms with Gasteiger partial charge in [-0.3, -0.25) is 13.9 Å². The van der Waals surface area contributed by atoms with Crippen LogP contribution in [0, 0.1) is 0 Å². The van der Waals surface area contributed by atoms with Gasteiger partial charge < -0.3 is 20.7 Å². The first kappa shape index (κ1) is 27.3. The van der Waals surface area contributed by atoms with Gasteiger partial charge in [0, 0.05) is 7.05 Å². The molecule has 1 aliphatic rings. The van der Waals surface area contributed by atoms with E-state index in [1.165, 1.54) is 43.4 Å². The molecular formula is C23H27F3N4O5S. The molecule has 3 rings (SSSR count). The van der Waals surface area contributed by atoms with Crippen LogP contribution in [0.15, 0.2) is 48.5 Å². The monoisotopic (exact) mass is 528 g/mol. The second-order valence-corrected chi connectivity index (χ2v) is 10.3. The Morgan fingerprint density at radius 3 is 2.11 bits per heavy atom. The highest BCUT2D eigenvalue weighted by Gasteiger charge is 2.34. The number of amides is 2. The summed E-state index contributed by atoms with van der Waals surface area (Å²) in [7, 11) is -2.49. The zero-order valence-corrected chi connectivity index (χ0v) is 20.5. The highest BCUT2D eigenvalue weighted by Crippen LogP contribution is 2.32. The SMILES string of the molecule is CN(C(=O)[C@H]1CCCN1)[C@@H](CN(c1ccc(Oc2ccc(C(F)(F)F)cc2)cc1)S(C)(=O)=O)C(N)=O. The molecule has 0 unspecified atom stereocenters. The van der Waals surface area contributed by atoms with Crippen molar-refractivity contribution in [3.05, 3.63) is 54.1 Å². The van der Waals surface area contributed by atoms with Gasteiger partial charge in [0.05, 0.1) is 30.1 Å². The number of hydrogen-bond acceptors (Lipinski definition) is 6. The predicted octanol–water partition coefficient (Wildman–Crippen LogP) is 2.33. The number of anilines is 1. The third-order valence-corrected chi connectivity index (χ3v) is 6.94. The maximum Gasteiger partial charge on any atom is 0.416 e. The summed E-state index contributed by atoms with van der Waals surface area (Å²) in [5, 5.41) is 3.04. The van der Waals surface area contributed by atoms with Crippen molar-refractivity contribution >= 4 is 27.5 Å². The number of ether oxygens (including phenoxy) is 1. The molecule has 9 nitrogen and oxygen atoms in total. The molecule has 36 heavy (non-hydrogen) atoms. The molecule has 1 saturated heterocycles. The van der Waals surface area contributed by atoms with E-state index in [4.69, 9.17) is 10.5 Å². The summed E-state index contributed by atoms with van der Waals surface area (Å²) in [6.45, 7) is 0.268. The topological polar surface area (TPSA) is 122 Å². The molecule has 1 aliphatic heterocycles. The minimum absolute atomic E-state index is 0.158. The van der Waals surface area contributed by atoms with Crippen LogP contribution in [-0.2, 0) is 25.8 Å². The molecule has 13 heteroatoms. The highest BCUT2D eigenvalue weighted by atomic mass is 32.2. The van der Waals surface area contributed by atoms with Gasteiger partial charge in [-0.25, -0.2) is 8.42 Å². The minimum atomic E-state index is -4.47. The Balaban J connectivity index is 1.78. The summed E-state index contributed by atoms with van der Waals surface area (Å²) in [5.41, 5.74) is 4.90. The van der Waals surface area contributed by atoms with E-state index in [2.05, 4.69) is 5.32 Å². The lowest BCUT2D eigenvalue weighted by Gasteiger charge is -2.32. The average Bonchev–Trinajstić information content (AvgIpc) is 3.33. The molecule has 0 aliphatic carbocycles. The van der Waals surface area contributed by atoms with Crippen molar-refractivity contribution in [1.29, 1.82) is 0 Å². The minimum Gasteiger partial charge on any atom is -0.457 e. The van der Waals surface area contributed by atoms with E-state index in [9.17, 15) is 31.2 Å². The number of alkyl halides is 3. The van der Waals surface area contributed by atoms with E-state index in [0.29, 0.717) is 13.0 Å². The van der Waals surface area contributed by atoms with E-state index in [1.54, 1.807) is 0 Å². The molecule has 0 aromatic heterocycles. The second-order valence-electron chi connectivity index (χ2n) is 8.43. The normalized spacial score (nSPS) is 16.9. The van der Waals surface area contributed by atoms with Gasteiger partial charge in [-0.1, -0.05) is 0 Å². The van der Waals surface area contributed by atoms with E-state index >= 15 is 0 Å². The fourth-order valence-electron chi connectivity index (χ4n) is 3.82. The first-order valence-corrected chi connectivity index (χ1v) is 12.8. The maximum atomic E-state index is 12.8. The van der Waals surface area contributed by atoms with Crippen molar-refractivity contribution in [2.45, 2.75) is 31.1 Å². The molecule has 2 aromatic rings. The molecule has 0 bridgehead atoms. The van der Waals surface area contributed by atoms with Gasteiger partial charge in [0.15, 0.2) is 0 Å². The van der Waals surface area contributed by atoms with Crippen molar-refractivity contribution in [2.24, 2.45) is 5.73 Å². The summed E-state index contributed by atoms with van der Waals surface area (Å²) in [4.78, 5) is 26.1. The largest absolute Gasteiger partial charge is 0.457 e. The third kappa shape index (κ3) is 6.66. The number of benzene rings is 2. The van der Waals surface area contributed by atoms with Gasteiger partial charge in [0.2, 0.25) is 21.8 Å². The Morgan fingerprint density at radius 1 is 1.11 bits per heavy atom. The van der Waals surface area contributed by atoms with Crippen LogP contribution in [0.1, 0.15) is 18.4 Å². The first-order chi connectivity index (χ1) is 16.8. The maximum absolute atomic E-state index is 12.8. The summed E-state index contributed by atoms with van der Waals surface area (Å²) < 4.78 is 69.8. The number of nitrogens with one attached hydrogen (secondary N) is 1. The van der Waals surface area contributed by atoms with Crippen molar-refractivity contribution in [2.75, 3.05) is 30.7 Å². The molecular weight excluding hydrogens is 501 g/mol. The van der Waals surface area contributed by atoms with E-state index in [-0.39, 0.29) is 23.1 Å². The number of hydrogen-bond donors (Lipinski definition) is 2. The van der Waals surface area contributed by atoms with Crippen LogP contribution in [0.25, 0.3) is 0 Å². The van der Waals surface area contributed by atoms with E-state index in [1.807, 2.05) is 0 Å². The Labute approximate surface area is 207 Å². The first-order valence-electron chi connectivity index (χ1n) is 11.0. The fraction of sp³-hybridized carbons (Fsp3) is 0.391. The van der Waals surface area contributed by atoms with E-state index < -0.39 is 46.3 Å². The number of nitrogens with two attached hydrogens (primary N) is 1. The van der Waals surface area contributed by atoms with Crippen LogP contribution >= 0.6 is 0 Å². The quantitative estimate of drug-likeness (QED) is 0.515. The molecule has 196 valence electrons. The number of nitrogens with zero attached hydrogens (tertiary/aromatic N) is 2. The summed E-state index contributed by atoms with van der Waals surface area (Å²) in [6, 6.07) is 8.12. The Kier molecular flexibility index (Phi) is 8.14. The van der Waals surface area contributed by atoms with Crippen LogP contribution in [0.4, 0.5) is 18.9 Å². The number of primary amides is 1. The number of rotatable bonds is 9. The Bertz CT molecular complexity index is 1180. The fourth-order valence-corrected chi connectivity index (χ4v) is 4.73. The van der Waals surface area contributed by atoms with Crippen LogP contribution in [0.2, 0.25) is 0 Å². The van der Waals surface area contributed by atoms with Crippen LogP contribution < -0.4 is 20.1 Å². The molecule has 1 heterocycles. The van der Waals surface area contributed by atoms with Crippen molar-refractivity contribution in [3.8, 4) is 11.5 Å². The molecule has 2 amide bonds. The average molecular weight is 529 g/mol. The number of carbonyl (C=O) groups is 2. The Morgan fingerprint density at radius 2 is 1.67 bits per heavy atom. The number of carbonyl (C=O) groups excluding carboxylic acids is 2. The third-order valence-electron chi connectivity index (χ3n) is 5.78. The van der Waals surface area contributed by atoms with Crippen molar-refractivity contribution < 1.29 is 35.9 Å².